The van der Waals surface area contributed by atoms with Gasteiger partial charge >= 0.3 is 0 Å². The van der Waals surface area contributed by atoms with E-state index >= 15 is 0 Å². The fourth-order valence-electron chi connectivity index (χ4n) is 3.55. The number of hydrogen-bond donors (Lipinski definition) is 1. The van der Waals surface area contributed by atoms with E-state index in [2.05, 4.69) is 10.2 Å². The Hall–Kier alpha value is -2.58. The Morgan fingerprint density at radius 1 is 1.27 bits per heavy atom. The Bertz CT molecular complexity index is 1260. The molecule has 0 radical (unpaired) electrons. The number of para-hydroxylation sites is 1. The van der Waals surface area contributed by atoms with Crippen LogP contribution in [-0.4, -0.2) is 24.3 Å². The van der Waals surface area contributed by atoms with Crippen molar-refractivity contribution in [1.82, 2.24) is 24.3 Å². The molecule has 0 aliphatic carbocycles. The summed E-state index contributed by atoms with van der Waals surface area (Å²) in [6.07, 6.45) is 1.85. The van der Waals surface area contributed by atoms with Crippen molar-refractivity contribution >= 4 is 33.8 Å². The topological polar surface area (TPSA) is 68.5 Å². The fourth-order valence-corrected chi connectivity index (χ4v) is 4.96. The highest BCUT2D eigenvalue weighted by atomic mass is 32.1. The number of H-pyrrole nitrogens is 1. The van der Waals surface area contributed by atoms with Crippen LogP contribution in [0.2, 0.25) is 0 Å². The SMILES string of the molecule is Cc1c(-c2n[nH]c(=S)n2-c2ccccc2)sc2nc3n(c(=O)c12)CCC3. The summed E-state index contributed by atoms with van der Waals surface area (Å²) in [7, 11) is 0. The minimum atomic E-state index is 0.0582. The van der Waals surface area contributed by atoms with E-state index in [1.165, 1.54) is 11.3 Å². The summed E-state index contributed by atoms with van der Waals surface area (Å²) in [5, 5.41) is 8.03. The van der Waals surface area contributed by atoms with Crippen LogP contribution in [0.25, 0.3) is 26.6 Å². The van der Waals surface area contributed by atoms with Crippen molar-refractivity contribution in [2.45, 2.75) is 26.3 Å². The molecule has 0 fully saturated rings. The summed E-state index contributed by atoms with van der Waals surface area (Å²) in [6.45, 7) is 2.72. The molecule has 1 N–H and O–H groups in total. The molecule has 0 amide bonds. The molecule has 3 aromatic heterocycles. The van der Waals surface area contributed by atoms with Crippen molar-refractivity contribution in [3.63, 3.8) is 0 Å². The fraction of sp³-hybridized carbons (Fsp3) is 0.222. The van der Waals surface area contributed by atoms with Crippen molar-refractivity contribution in [1.29, 1.82) is 0 Å². The number of rotatable bonds is 2. The molecule has 6 nitrogen and oxygen atoms in total. The number of thiophene rings is 1. The molecule has 0 bridgehead atoms. The van der Waals surface area contributed by atoms with E-state index < -0.39 is 0 Å². The summed E-state index contributed by atoms with van der Waals surface area (Å²) in [5.74, 6) is 1.60. The third kappa shape index (κ3) is 2.15. The zero-order valence-electron chi connectivity index (χ0n) is 14.0. The quantitative estimate of drug-likeness (QED) is 0.539. The van der Waals surface area contributed by atoms with Crippen LogP contribution in [0.3, 0.4) is 0 Å². The van der Waals surface area contributed by atoms with Gasteiger partial charge in [0.05, 0.1) is 10.3 Å². The Kier molecular flexibility index (Phi) is 3.44. The molecule has 130 valence electrons. The predicted octanol–water partition coefficient (Wildman–Crippen LogP) is 3.62. The van der Waals surface area contributed by atoms with Crippen LogP contribution >= 0.6 is 23.6 Å². The van der Waals surface area contributed by atoms with E-state index in [0.29, 0.717) is 16.0 Å². The smallest absolute Gasteiger partial charge is 0.262 e. The number of nitrogens with zero attached hydrogens (tertiary/aromatic N) is 4. The van der Waals surface area contributed by atoms with Gasteiger partial charge in [-0.05, 0) is 43.3 Å². The molecular weight excluding hydrogens is 366 g/mol. The van der Waals surface area contributed by atoms with Gasteiger partial charge in [-0.15, -0.1) is 11.3 Å². The monoisotopic (exact) mass is 381 g/mol. The molecule has 0 saturated heterocycles. The zero-order valence-corrected chi connectivity index (χ0v) is 15.7. The average molecular weight is 381 g/mol. The lowest BCUT2D eigenvalue weighted by Crippen LogP contribution is -2.20. The van der Waals surface area contributed by atoms with Crippen molar-refractivity contribution in [2.75, 3.05) is 0 Å². The van der Waals surface area contributed by atoms with Crippen LogP contribution in [0.1, 0.15) is 17.8 Å². The largest absolute Gasteiger partial charge is 0.296 e. The van der Waals surface area contributed by atoms with Crippen LogP contribution in [0.4, 0.5) is 0 Å². The maximum absolute atomic E-state index is 12.9. The number of aryl methyl sites for hydroxylation is 2. The normalized spacial score (nSPS) is 13.4. The van der Waals surface area contributed by atoms with Gasteiger partial charge in [0, 0.05) is 18.7 Å². The number of benzene rings is 1. The van der Waals surface area contributed by atoms with Crippen LogP contribution in [-0.2, 0) is 13.0 Å². The minimum Gasteiger partial charge on any atom is -0.296 e. The first kappa shape index (κ1) is 15.7. The first-order chi connectivity index (χ1) is 12.6. The standard InChI is InChI=1S/C18H15N5OS2/c1-10-13-16(19-12-8-5-9-22(12)17(13)24)26-14(10)15-20-21-18(25)23(15)11-6-3-2-4-7-11/h2-4,6-7H,5,8-9H2,1H3,(H,21,25). The Morgan fingerprint density at radius 2 is 2.08 bits per heavy atom. The zero-order chi connectivity index (χ0) is 17.8. The Labute approximate surface area is 157 Å². The van der Waals surface area contributed by atoms with Crippen LogP contribution in [0.15, 0.2) is 35.1 Å². The number of aromatic nitrogens is 5. The van der Waals surface area contributed by atoms with Crippen LogP contribution < -0.4 is 5.56 Å². The van der Waals surface area contributed by atoms with Gasteiger partial charge < -0.3 is 0 Å². The molecule has 26 heavy (non-hydrogen) atoms. The van der Waals surface area contributed by atoms with Crippen molar-refractivity contribution in [3.05, 3.63) is 56.8 Å². The predicted molar refractivity (Wildman–Crippen MR) is 105 cm³/mol. The molecule has 1 aliphatic heterocycles. The molecule has 0 saturated carbocycles. The van der Waals surface area contributed by atoms with Gasteiger partial charge in [-0.25, -0.2) is 4.98 Å². The second-order valence-electron chi connectivity index (χ2n) is 6.35. The third-order valence-electron chi connectivity index (χ3n) is 4.80. The molecule has 0 spiro atoms. The molecule has 1 aliphatic rings. The molecule has 4 heterocycles. The van der Waals surface area contributed by atoms with Crippen LogP contribution in [0.5, 0.6) is 0 Å². The number of aromatic amines is 1. The first-order valence-corrected chi connectivity index (χ1v) is 9.63. The van der Waals surface area contributed by atoms with E-state index in [1.807, 2.05) is 41.8 Å². The number of nitrogens with one attached hydrogen (secondary N) is 1. The van der Waals surface area contributed by atoms with Gasteiger partial charge in [0.2, 0.25) is 0 Å². The highest BCUT2D eigenvalue weighted by Crippen LogP contribution is 2.36. The summed E-state index contributed by atoms with van der Waals surface area (Å²) < 4.78 is 4.23. The second kappa shape index (κ2) is 5.72. The van der Waals surface area contributed by atoms with Gasteiger partial charge in [-0.1, -0.05) is 18.2 Å². The number of hydrogen-bond acceptors (Lipinski definition) is 5. The van der Waals surface area contributed by atoms with E-state index in [-0.39, 0.29) is 5.56 Å². The lowest BCUT2D eigenvalue weighted by atomic mass is 10.2. The summed E-state index contributed by atoms with van der Waals surface area (Å²) in [5.41, 5.74) is 1.91. The van der Waals surface area contributed by atoms with E-state index in [9.17, 15) is 4.79 Å². The molecular formula is C18H15N5OS2. The highest BCUT2D eigenvalue weighted by Gasteiger charge is 2.23. The molecule has 0 unspecified atom stereocenters. The maximum Gasteiger partial charge on any atom is 0.262 e. The van der Waals surface area contributed by atoms with Crippen molar-refractivity contribution in [2.24, 2.45) is 0 Å². The third-order valence-corrected chi connectivity index (χ3v) is 6.26. The molecule has 1 aromatic carbocycles. The Balaban J connectivity index is 1.80. The maximum atomic E-state index is 12.9. The van der Waals surface area contributed by atoms with E-state index in [1.54, 1.807) is 4.57 Å². The van der Waals surface area contributed by atoms with E-state index in [0.717, 1.165) is 46.2 Å². The van der Waals surface area contributed by atoms with Gasteiger partial charge in [0.15, 0.2) is 10.6 Å². The Morgan fingerprint density at radius 3 is 2.88 bits per heavy atom. The molecule has 4 aromatic rings. The van der Waals surface area contributed by atoms with Gasteiger partial charge in [0.1, 0.15) is 10.7 Å². The van der Waals surface area contributed by atoms with Crippen LogP contribution in [0, 0.1) is 11.7 Å². The van der Waals surface area contributed by atoms with E-state index in [4.69, 9.17) is 17.2 Å². The van der Waals surface area contributed by atoms with Gasteiger partial charge in [0.25, 0.3) is 5.56 Å². The number of fused-ring (bicyclic) bond motifs is 2. The summed E-state index contributed by atoms with van der Waals surface area (Å²) in [6, 6.07) is 9.86. The first-order valence-electron chi connectivity index (χ1n) is 8.41. The molecule has 0 atom stereocenters. The minimum absolute atomic E-state index is 0.0582. The summed E-state index contributed by atoms with van der Waals surface area (Å²) in [4.78, 5) is 19.4. The van der Waals surface area contributed by atoms with Gasteiger partial charge in [-0.3, -0.25) is 19.0 Å². The van der Waals surface area contributed by atoms with Crippen molar-refractivity contribution in [3.8, 4) is 16.4 Å². The lowest BCUT2D eigenvalue weighted by Gasteiger charge is -2.05. The second-order valence-corrected chi connectivity index (χ2v) is 7.73. The van der Waals surface area contributed by atoms with Gasteiger partial charge in [-0.2, -0.15) is 5.10 Å². The average Bonchev–Trinajstić information content (AvgIpc) is 3.34. The molecule has 8 heteroatoms. The molecule has 5 rings (SSSR count). The lowest BCUT2D eigenvalue weighted by molar-refractivity contribution is 0.719. The van der Waals surface area contributed by atoms with Crippen molar-refractivity contribution < 1.29 is 0 Å². The highest BCUT2D eigenvalue weighted by molar-refractivity contribution is 7.71. The summed E-state index contributed by atoms with van der Waals surface area (Å²) >= 11 is 6.95.